The first-order chi connectivity index (χ1) is 15.4. The largest absolute Gasteiger partial charge is 0.493 e. The molecule has 8 heteroatoms. The van der Waals surface area contributed by atoms with Crippen LogP contribution in [-0.2, 0) is 11.4 Å². The molecule has 0 aliphatic heterocycles. The molecule has 32 heavy (non-hydrogen) atoms. The Labute approximate surface area is 200 Å². The van der Waals surface area contributed by atoms with Gasteiger partial charge in [0.2, 0.25) is 0 Å². The Morgan fingerprint density at radius 1 is 1.06 bits per heavy atom. The number of benzene rings is 3. The highest BCUT2D eigenvalue weighted by molar-refractivity contribution is 6.44. The second kappa shape index (κ2) is 10.9. The van der Waals surface area contributed by atoms with E-state index in [2.05, 4.69) is 5.32 Å². The lowest BCUT2D eigenvalue weighted by atomic mass is 10.1. The zero-order valence-corrected chi connectivity index (χ0v) is 19.1. The molecule has 0 aromatic heterocycles. The third-order valence-electron chi connectivity index (χ3n) is 4.37. The third-order valence-corrected chi connectivity index (χ3v) is 5.44. The van der Waals surface area contributed by atoms with Gasteiger partial charge >= 0.3 is 0 Å². The number of halogens is 3. The number of ether oxygens (including phenoxy) is 2. The summed E-state index contributed by atoms with van der Waals surface area (Å²) in [6.45, 7) is 0.291. The molecule has 0 aliphatic rings. The van der Waals surface area contributed by atoms with E-state index in [0.29, 0.717) is 39.4 Å². The molecule has 3 aromatic rings. The number of nitrogens with zero attached hydrogens (tertiary/aromatic N) is 1. The molecule has 0 heterocycles. The van der Waals surface area contributed by atoms with Gasteiger partial charge in [0.25, 0.3) is 5.91 Å². The number of amides is 1. The summed E-state index contributed by atoms with van der Waals surface area (Å²) in [5.74, 6) is 0.368. The molecule has 0 saturated heterocycles. The average Bonchev–Trinajstić information content (AvgIpc) is 2.80. The van der Waals surface area contributed by atoms with Crippen LogP contribution in [0, 0.1) is 11.3 Å². The minimum atomic E-state index is -0.615. The van der Waals surface area contributed by atoms with Crippen molar-refractivity contribution in [3.63, 3.8) is 0 Å². The van der Waals surface area contributed by atoms with Gasteiger partial charge in [0.05, 0.1) is 22.8 Å². The minimum absolute atomic E-state index is 0.116. The predicted molar refractivity (Wildman–Crippen MR) is 127 cm³/mol. The molecular weight excluding hydrogens is 471 g/mol. The van der Waals surface area contributed by atoms with Gasteiger partial charge in [-0.25, -0.2) is 0 Å². The van der Waals surface area contributed by atoms with Gasteiger partial charge in [0.1, 0.15) is 18.2 Å². The van der Waals surface area contributed by atoms with Gasteiger partial charge in [-0.05, 0) is 53.6 Å². The monoisotopic (exact) mass is 486 g/mol. The molecule has 0 aliphatic carbocycles. The third kappa shape index (κ3) is 5.95. The van der Waals surface area contributed by atoms with Crippen molar-refractivity contribution in [2.75, 3.05) is 12.4 Å². The smallest absolute Gasteiger partial charge is 0.266 e. The minimum Gasteiger partial charge on any atom is -0.493 e. The normalized spacial score (nSPS) is 10.9. The lowest BCUT2D eigenvalue weighted by Crippen LogP contribution is -2.13. The van der Waals surface area contributed by atoms with Crippen LogP contribution in [0.5, 0.6) is 11.5 Å². The van der Waals surface area contributed by atoms with Crippen molar-refractivity contribution in [1.82, 2.24) is 0 Å². The first kappa shape index (κ1) is 23.5. The highest BCUT2D eigenvalue weighted by Crippen LogP contribution is 2.31. The van der Waals surface area contributed by atoms with E-state index in [9.17, 15) is 10.1 Å². The van der Waals surface area contributed by atoms with Crippen molar-refractivity contribution >= 4 is 52.5 Å². The summed E-state index contributed by atoms with van der Waals surface area (Å²) in [5, 5.41) is 13.2. The Balaban J connectivity index is 1.81. The van der Waals surface area contributed by atoms with Crippen LogP contribution < -0.4 is 14.8 Å². The van der Waals surface area contributed by atoms with E-state index in [-0.39, 0.29) is 10.6 Å². The maximum Gasteiger partial charge on any atom is 0.266 e. The topological polar surface area (TPSA) is 71.3 Å². The molecule has 0 unspecified atom stereocenters. The van der Waals surface area contributed by atoms with Crippen LogP contribution in [0.1, 0.15) is 11.1 Å². The quantitative estimate of drug-likeness (QED) is 0.294. The van der Waals surface area contributed by atoms with Gasteiger partial charge in [-0.2, -0.15) is 5.26 Å². The van der Waals surface area contributed by atoms with Gasteiger partial charge in [0.15, 0.2) is 11.5 Å². The summed E-state index contributed by atoms with van der Waals surface area (Å²) >= 11 is 18.0. The summed E-state index contributed by atoms with van der Waals surface area (Å²) < 4.78 is 11.2. The van der Waals surface area contributed by atoms with Gasteiger partial charge < -0.3 is 14.8 Å². The summed E-state index contributed by atoms with van der Waals surface area (Å²) in [4.78, 5) is 12.6. The first-order valence-corrected chi connectivity index (χ1v) is 10.5. The van der Waals surface area contributed by atoms with Gasteiger partial charge in [-0.1, -0.05) is 59.1 Å². The van der Waals surface area contributed by atoms with Crippen LogP contribution in [0.4, 0.5) is 5.69 Å². The molecule has 0 atom stereocenters. The molecule has 3 aromatic carbocycles. The van der Waals surface area contributed by atoms with E-state index in [0.717, 1.165) is 5.56 Å². The second-order valence-electron chi connectivity index (χ2n) is 6.55. The Bertz CT molecular complexity index is 1200. The fraction of sp³-hybridized carbons (Fsp3) is 0.0833. The molecule has 0 fully saturated rings. The summed E-state index contributed by atoms with van der Waals surface area (Å²) in [6.07, 6.45) is 1.45. The Hall–Kier alpha value is -3.17. The highest BCUT2D eigenvalue weighted by Gasteiger charge is 2.14. The van der Waals surface area contributed by atoms with Crippen molar-refractivity contribution in [1.29, 1.82) is 5.26 Å². The number of carbonyl (C=O) groups excluding carboxylic acids is 1. The maximum atomic E-state index is 12.6. The summed E-state index contributed by atoms with van der Waals surface area (Å²) in [6, 6.07) is 19.1. The molecule has 0 radical (unpaired) electrons. The number of nitrogens with one attached hydrogen (secondary N) is 1. The van der Waals surface area contributed by atoms with E-state index >= 15 is 0 Å². The van der Waals surface area contributed by atoms with E-state index in [1.807, 2.05) is 18.2 Å². The first-order valence-electron chi connectivity index (χ1n) is 9.33. The molecule has 0 bridgehead atoms. The maximum absolute atomic E-state index is 12.6. The number of rotatable bonds is 7. The van der Waals surface area contributed by atoms with E-state index in [4.69, 9.17) is 44.3 Å². The molecule has 1 N–H and O–H groups in total. The zero-order valence-electron chi connectivity index (χ0n) is 16.9. The fourth-order valence-corrected chi connectivity index (χ4v) is 3.22. The van der Waals surface area contributed by atoms with Crippen LogP contribution >= 0.6 is 34.8 Å². The van der Waals surface area contributed by atoms with Crippen molar-refractivity contribution < 1.29 is 14.3 Å². The van der Waals surface area contributed by atoms with Crippen LogP contribution in [-0.4, -0.2) is 13.0 Å². The van der Waals surface area contributed by atoms with Crippen LogP contribution in [0.15, 0.2) is 66.2 Å². The van der Waals surface area contributed by atoms with Crippen molar-refractivity contribution in [3.8, 4) is 17.6 Å². The van der Waals surface area contributed by atoms with E-state index in [1.165, 1.54) is 13.2 Å². The second-order valence-corrected chi connectivity index (χ2v) is 7.77. The van der Waals surface area contributed by atoms with Crippen molar-refractivity contribution in [2.24, 2.45) is 0 Å². The lowest BCUT2D eigenvalue weighted by Gasteiger charge is -2.12. The zero-order chi connectivity index (χ0) is 23.1. The Kier molecular flexibility index (Phi) is 8.02. The molecule has 1 amide bonds. The Morgan fingerprint density at radius 3 is 2.50 bits per heavy atom. The standard InChI is InChI=1S/C24H17Cl3N2O3/c1-31-21-10-7-16(12-22(21)32-14-15-5-8-18(25)9-6-15)11-17(13-28)24(30)29-20-4-2-3-19(26)23(20)27/h2-12H,14H2,1H3,(H,29,30)/b17-11+. The number of methoxy groups -OCH3 is 1. The number of carbonyl (C=O) groups is 1. The van der Waals surface area contributed by atoms with Crippen molar-refractivity contribution in [2.45, 2.75) is 6.61 Å². The molecular formula is C24H17Cl3N2O3. The van der Waals surface area contributed by atoms with Crippen molar-refractivity contribution in [3.05, 3.63) is 92.4 Å². The molecule has 5 nitrogen and oxygen atoms in total. The van der Waals surface area contributed by atoms with Gasteiger partial charge in [-0.15, -0.1) is 0 Å². The number of hydrogen-bond donors (Lipinski definition) is 1. The molecule has 3 rings (SSSR count). The fourth-order valence-electron chi connectivity index (χ4n) is 2.74. The van der Waals surface area contributed by atoms with E-state index in [1.54, 1.807) is 48.5 Å². The summed E-state index contributed by atoms with van der Waals surface area (Å²) in [5.41, 5.74) is 1.70. The average molecular weight is 488 g/mol. The number of hydrogen-bond acceptors (Lipinski definition) is 4. The Morgan fingerprint density at radius 2 is 1.81 bits per heavy atom. The lowest BCUT2D eigenvalue weighted by molar-refractivity contribution is -0.112. The molecule has 0 spiro atoms. The number of anilines is 1. The SMILES string of the molecule is COc1ccc(/C=C(\C#N)C(=O)Nc2cccc(Cl)c2Cl)cc1OCc1ccc(Cl)cc1. The van der Waals surface area contributed by atoms with Crippen LogP contribution in [0.2, 0.25) is 15.1 Å². The van der Waals surface area contributed by atoms with Crippen LogP contribution in [0.25, 0.3) is 6.08 Å². The highest BCUT2D eigenvalue weighted by atomic mass is 35.5. The summed E-state index contributed by atoms with van der Waals surface area (Å²) in [7, 11) is 1.53. The number of nitriles is 1. The predicted octanol–water partition coefficient (Wildman–Crippen LogP) is 6.78. The van der Waals surface area contributed by atoms with Gasteiger partial charge in [-0.3, -0.25) is 4.79 Å². The molecule has 0 saturated carbocycles. The van der Waals surface area contributed by atoms with E-state index < -0.39 is 5.91 Å². The van der Waals surface area contributed by atoms with Gasteiger partial charge in [0, 0.05) is 5.02 Å². The van der Waals surface area contributed by atoms with Crippen LogP contribution in [0.3, 0.4) is 0 Å². The molecule has 162 valence electrons.